The summed E-state index contributed by atoms with van der Waals surface area (Å²) in [7, 11) is 0. The summed E-state index contributed by atoms with van der Waals surface area (Å²) in [6.07, 6.45) is -5.52. The minimum absolute atomic E-state index is 0.271. The van der Waals surface area contributed by atoms with Crippen molar-refractivity contribution in [2.45, 2.75) is 31.4 Å². The number of carboxylic acids is 1. The molecular formula is C13H15F2NO4. The molecule has 1 aromatic carbocycles. The van der Waals surface area contributed by atoms with E-state index in [1.807, 2.05) is 0 Å². The van der Waals surface area contributed by atoms with Gasteiger partial charge in [-0.05, 0) is 25.0 Å². The standard InChI is InChI=1S/C13H15F2NO4/c14-11(15)10(17)7-6-9(13(19)20)16-12(18)8-4-2-1-3-5-8/h1-5,9-11,17H,6-7H2,(H,16,18)(H,19,20)/t9-,10+/m0/s1. The molecule has 20 heavy (non-hydrogen) atoms. The highest BCUT2D eigenvalue weighted by Gasteiger charge is 2.24. The number of amides is 1. The Morgan fingerprint density at radius 1 is 1.15 bits per heavy atom. The third kappa shape index (κ3) is 4.93. The first-order valence-corrected chi connectivity index (χ1v) is 5.96. The Kier molecular flexibility index (Phi) is 6.05. The summed E-state index contributed by atoms with van der Waals surface area (Å²) >= 11 is 0. The molecule has 0 aliphatic heterocycles. The highest BCUT2D eigenvalue weighted by atomic mass is 19.3. The zero-order chi connectivity index (χ0) is 15.1. The van der Waals surface area contributed by atoms with Crippen LogP contribution in [0.5, 0.6) is 0 Å². The van der Waals surface area contributed by atoms with E-state index in [9.17, 15) is 18.4 Å². The van der Waals surface area contributed by atoms with Crippen LogP contribution in [0.1, 0.15) is 23.2 Å². The van der Waals surface area contributed by atoms with Crippen molar-refractivity contribution in [3.8, 4) is 0 Å². The summed E-state index contributed by atoms with van der Waals surface area (Å²) in [5, 5.41) is 20.1. The number of aliphatic hydroxyl groups excluding tert-OH is 1. The van der Waals surface area contributed by atoms with Gasteiger partial charge in [-0.15, -0.1) is 0 Å². The van der Waals surface area contributed by atoms with Crippen molar-refractivity contribution in [2.75, 3.05) is 0 Å². The Labute approximate surface area is 114 Å². The number of carbonyl (C=O) groups excluding carboxylic acids is 1. The van der Waals surface area contributed by atoms with Crippen LogP contribution in [-0.2, 0) is 4.79 Å². The molecule has 0 fully saturated rings. The fourth-order valence-corrected chi connectivity index (χ4v) is 1.55. The van der Waals surface area contributed by atoms with Crippen molar-refractivity contribution in [2.24, 2.45) is 0 Å². The summed E-state index contributed by atoms with van der Waals surface area (Å²) in [5.41, 5.74) is 0.271. The fraction of sp³-hybridized carbons (Fsp3) is 0.385. The van der Waals surface area contributed by atoms with Crippen LogP contribution in [0.15, 0.2) is 30.3 Å². The van der Waals surface area contributed by atoms with Gasteiger partial charge in [-0.2, -0.15) is 0 Å². The SMILES string of the molecule is O=C(N[C@@H](CC[C@@H](O)C(F)F)C(=O)O)c1ccccc1. The van der Waals surface area contributed by atoms with Crippen molar-refractivity contribution in [3.05, 3.63) is 35.9 Å². The highest BCUT2D eigenvalue weighted by molar-refractivity contribution is 5.96. The number of nitrogens with one attached hydrogen (secondary N) is 1. The minimum atomic E-state index is -2.94. The van der Waals surface area contributed by atoms with Gasteiger partial charge in [0.05, 0.1) is 0 Å². The molecule has 0 aliphatic carbocycles. The lowest BCUT2D eigenvalue weighted by Crippen LogP contribution is -2.41. The molecule has 1 amide bonds. The van der Waals surface area contributed by atoms with Crippen molar-refractivity contribution in [3.63, 3.8) is 0 Å². The summed E-state index contributed by atoms with van der Waals surface area (Å²) in [6.45, 7) is 0. The maximum atomic E-state index is 12.1. The molecule has 0 bridgehead atoms. The molecule has 0 spiro atoms. The summed E-state index contributed by atoms with van der Waals surface area (Å²) in [4.78, 5) is 22.7. The first-order valence-electron chi connectivity index (χ1n) is 5.96. The van der Waals surface area contributed by atoms with Crippen LogP contribution in [0.25, 0.3) is 0 Å². The number of aliphatic hydroxyl groups is 1. The van der Waals surface area contributed by atoms with Crippen LogP contribution >= 0.6 is 0 Å². The lowest BCUT2D eigenvalue weighted by atomic mass is 10.1. The number of hydrogen-bond acceptors (Lipinski definition) is 3. The van der Waals surface area contributed by atoms with E-state index in [1.165, 1.54) is 12.1 Å². The number of hydrogen-bond donors (Lipinski definition) is 3. The van der Waals surface area contributed by atoms with E-state index in [0.29, 0.717) is 0 Å². The minimum Gasteiger partial charge on any atom is -0.480 e. The van der Waals surface area contributed by atoms with Gasteiger partial charge in [0.2, 0.25) is 0 Å². The molecule has 3 N–H and O–H groups in total. The lowest BCUT2D eigenvalue weighted by molar-refractivity contribution is -0.139. The summed E-state index contributed by atoms with van der Waals surface area (Å²) in [5.74, 6) is -1.94. The first kappa shape index (κ1) is 16.0. The zero-order valence-corrected chi connectivity index (χ0v) is 10.5. The van der Waals surface area contributed by atoms with E-state index in [1.54, 1.807) is 18.2 Å². The number of alkyl halides is 2. The van der Waals surface area contributed by atoms with Gasteiger partial charge in [-0.25, -0.2) is 13.6 Å². The molecule has 1 aromatic rings. The van der Waals surface area contributed by atoms with Crippen LogP contribution in [0.4, 0.5) is 8.78 Å². The lowest BCUT2D eigenvalue weighted by Gasteiger charge is -2.16. The molecule has 0 aliphatic rings. The number of halogens is 2. The largest absolute Gasteiger partial charge is 0.480 e. The third-order valence-electron chi connectivity index (χ3n) is 2.68. The number of carboxylic acid groups (broad SMARTS) is 1. The van der Waals surface area contributed by atoms with Crippen molar-refractivity contribution in [1.82, 2.24) is 5.32 Å². The molecule has 0 saturated carbocycles. The number of aliphatic carboxylic acids is 1. The Bertz CT molecular complexity index is 453. The van der Waals surface area contributed by atoms with Gasteiger partial charge in [0.15, 0.2) is 0 Å². The second kappa shape index (κ2) is 7.54. The predicted octanol–water partition coefficient (Wildman–Crippen LogP) is 1.28. The first-order chi connectivity index (χ1) is 9.41. The van der Waals surface area contributed by atoms with Crippen molar-refractivity contribution in [1.29, 1.82) is 0 Å². The van der Waals surface area contributed by atoms with Crippen LogP contribution in [0, 0.1) is 0 Å². The second-order valence-corrected chi connectivity index (χ2v) is 4.21. The summed E-state index contributed by atoms with van der Waals surface area (Å²) < 4.78 is 24.2. The molecule has 110 valence electrons. The second-order valence-electron chi connectivity index (χ2n) is 4.21. The molecule has 0 unspecified atom stereocenters. The molecule has 0 aromatic heterocycles. The molecule has 0 heterocycles. The van der Waals surface area contributed by atoms with E-state index in [0.717, 1.165) is 0 Å². The quantitative estimate of drug-likeness (QED) is 0.705. The Balaban J connectivity index is 2.59. The maximum Gasteiger partial charge on any atom is 0.326 e. The van der Waals surface area contributed by atoms with Crippen LogP contribution in [-0.4, -0.2) is 40.7 Å². The van der Waals surface area contributed by atoms with Gasteiger partial charge < -0.3 is 15.5 Å². The van der Waals surface area contributed by atoms with Gasteiger partial charge in [0.1, 0.15) is 12.1 Å². The van der Waals surface area contributed by atoms with Gasteiger partial charge in [0.25, 0.3) is 12.3 Å². The van der Waals surface area contributed by atoms with E-state index in [2.05, 4.69) is 5.32 Å². The van der Waals surface area contributed by atoms with Crippen LogP contribution < -0.4 is 5.32 Å². The molecule has 2 atom stereocenters. The average molecular weight is 287 g/mol. The topological polar surface area (TPSA) is 86.6 Å². The monoisotopic (exact) mass is 287 g/mol. The number of rotatable bonds is 7. The molecule has 0 saturated heterocycles. The molecular weight excluding hydrogens is 272 g/mol. The van der Waals surface area contributed by atoms with Gasteiger partial charge >= 0.3 is 5.97 Å². The fourth-order valence-electron chi connectivity index (χ4n) is 1.55. The summed E-state index contributed by atoms with van der Waals surface area (Å²) in [6, 6.07) is 6.61. The van der Waals surface area contributed by atoms with Crippen molar-refractivity contribution >= 4 is 11.9 Å². The highest BCUT2D eigenvalue weighted by Crippen LogP contribution is 2.10. The maximum absolute atomic E-state index is 12.1. The van der Waals surface area contributed by atoms with Gasteiger partial charge in [0, 0.05) is 5.56 Å². The normalized spacial score (nSPS) is 13.8. The zero-order valence-electron chi connectivity index (χ0n) is 10.5. The molecule has 1 rings (SSSR count). The van der Waals surface area contributed by atoms with Gasteiger partial charge in [-0.3, -0.25) is 4.79 Å². The Hall–Kier alpha value is -2.02. The van der Waals surface area contributed by atoms with E-state index < -0.39 is 36.9 Å². The van der Waals surface area contributed by atoms with Crippen molar-refractivity contribution < 1.29 is 28.6 Å². The van der Waals surface area contributed by atoms with E-state index >= 15 is 0 Å². The third-order valence-corrected chi connectivity index (χ3v) is 2.68. The van der Waals surface area contributed by atoms with Crippen LogP contribution in [0.3, 0.4) is 0 Å². The molecule has 0 radical (unpaired) electrons. The predicted molar refractivity (Wildman–Crippen MR) is 66.6 cm³/mol. The van der Waals surface area contributed by atoms with E-state index in [4.69, 9.17) is 10.2 Å². The smallest absolute Gasteiger partial charge is 0.326 e. The Morgan fingerprint density at radius 3 is 2.25 bits per heavy atom. The Morgan fingerprint density at radius 2 is 1.75 bits per heavy atom. The van der Waals surface area contributed by atoms with Crippen LogP contribution in [0.2, 0.25) is 0 Å². The number of carbonyl (C=O) groups is 2. The number of benzene rings is 1. The van der Waals surface area contributed by atoms with E-state index in [-0.39, 0.29) is 12.0 Å². The van der Waals surface area contributed by atoms with Gasteiger partial charge in [-0.1, -0.05) is 18.2 Å². The average Bonchev–Trinajstić information content (AvgIpc) is 2.43. The molecule has 5 nitrogen and oxygen atoms in total. The molecule has 7 heteroatoms.